The number of aromatic amines is 1. The Bertz CT molecular complexity index is 935. The molecule has 1 aliphatic heterocycles. The van der Waals surface area contributed by atoms with E-state index in [1.807, 2.05) is 24.0 Å². The molecule has 1 aliphatic rings. The molecule has 0 aliphatic carbocycles. The molecule has 0 spiro atoms. The fourth-order valence-corrected chi connectivity index (χ4v) is 3.44. The Morgan fingerprint density at radius 2 is 1.89 bits per heavy atom. The van der Waals surface area contributed by atoms with Gasteiger partial charge in [-0.1, -0.05) is 24.3 Å². The number of rotatable bonds is 4. The second kappa shape index (κ2) is 7.40. The first kappa shape index (κ1) is 17.5. The summed E-state index contributed by atoms with van der Waals surface area (Å²) in [4.78, 5) is 17.0. The minimum absolute atomic E-state index is 0.0312. The van der Waals surface area contributed by atoms with Crippen molar-refractivity contribution in [2.24, 2.45) is 0 Å². The van der Waals surface area contributed by atoms with E-state index in [9.17, 15) is 4.79 Å². The number of hydrogen-bond acceptors (Lipinski definition) is 4. The molecule has 1 N–H and O–H groups in total. The van der Waals surface area contributed by atoms with Crippen LogP contribution in [0.4, 0.5) is 0 Å². The van der Waals surface area contributed by atoms with E-state index in [-0.39, 0.29) is 5.91 Å². The molecule has 4 rings (SSSR count). The Balaban J connectivity index is 1.36. The fourth-order valence-electron chi connectivity index (χ4n) is 3.44. The lowest BCUT2D eigenvalue weighted by molar-refractivity contribution is 0.0622. The van der Waals surface area contributed by atoms with E-state index in [2.05, 4.69) is 46.3 Å². The predicted molar refractivity (Wildman–Crippen MR) is 103 cm³/mol. The molecule has 27 heavy (non-hydrogen) atoms. The van der Waals surface area contributed by atoms with Crippen LogP contribution in [0.5, 0.6) is 0 Å². The summed E-state index contributed by atoms with van der Waals surface area (Å²) in [6.45, 7) is 8.13. The van der Waals surface area contributed by atoms with Gasteiger partial charge < -0.3 is 9.32 Å². The van der Waals surface area contributed by atoms with Crippen LogP contribution in [0.15, 0.2) is 46.9 Å². The first-order valence-electron chi connectivity index (χ1n) is 9.28. The van der Waals surface area contributed by atoms with Gasteiger partial charge >= 0.3 is 0 Å². The van der Waals surface area contributed by atoms with Crippen molar-refractivity contribution in [2.45, 2.75) is 20.4 Å². The molecular weight excluding hydrogens is 340 g/mol. The van der Waals surface area contributed by atoms with Gasteiger partial charge in [-0.15, -0.1) is 0 Å². The van der Waals surface area contributed by atoms with Crippen molar-refractivity contribution in [2.75, 3.05) is 26.2 Å². The average Bonchev–Trinajstić information content (AvgIpc) is 3.33. The lowest BCUT2D eigenvalue weighted by atomic mass is 10.1. The van der Waals surface area contributed by atoms with Crippen molar-refractivity contribution >= 4 is 5.91 Å². The highest BCUT2D eigenvalue weighted by Crippen LogP contribution is 2.21. The monoisotopic (exact) mass is 364 g/mol. The highest BCUT2D eigenvalue weighted by molar-refractivity contribution is 5.93. The van der Waals surface area contributed by atoms with Crippen LogP contribution < -0.4 is 0 Å². The van der Waals surface area contributed by atoms with E-state index in [1.54, 1.807) is 6.07 Å². The smallest absolute Gasteiger partial charge is 0.274 e. The molecule has 6 nitrogen and oxygen atoms in total. The summed E-state index contributed by atoms with van der Waals surface area (Å²) < 4.78 is 5.59. The Morgan fingerprint density at radius 3 is 2.59 bits per heavy atom. The molecule has 1 aromatic carbocycles. The van der Waals surface area contributed by atoms with Gasteiger partial charge in [0.25, 0.3) is 5.91 Å². The van der Waals surface area contributed by atoms with Gasteiger partial charge in [0, 0.05) is 38.8 Å². The van der Waals surface area contributed by atoms with Crippen LogP contribution in [0, 0.1) is 13.8 Å². The standard InChI is InChI=1S/C21H24N4O2/c1-15-5-3-4-6-17(15)14-24-9-11-25(12-10-24)21(26)19-13-18(22-23-19)20-8-7-16(2)27-20/h3-8,13H,9-12,14H2,1-2H3,(H,22,23). The third-order valence-electron chi connectivity index (χ3n) is 5.12. The molecule has 0 atom stereocenters. The molecule has 3 heterocycles. The van der Waals surface area contributed by atoms with Crippen molar-refractivity contribution in [3.8, 4) is 11.5 Å². The molecule has 0 saturated carbocycles. The number of aromatic nitrogens is 2. The quantitative estimate of drug-likeness (QED) is 0.772. The number of carbonyl (C=O) groups is 1. The first-order valence-corrected chi connectivity index (χ1v) is 9.28. The normalized spacial score (nSPS) is 15.3. The number of nitrogens with one attached hydrogen (secondary N) is 1. The lowest BCUT2D eigenvalue weighted by Crippen LogP contribution is -2.48. The molecular formula is C21H24N4O2. The second-order valence-corrected chi connectivity index (χ2v) is 7.07. The van der Waals surface area contributed by atoms with Gasteiger partial charge in [-0.3, -0.25) is 14.8 Å². The fraction of sp³-hybridized carbons (Fsp3) is 0.333. The van der Waals surface area contributed by atoms with E-state index >= 15 is 0 Å². The number of aryl methyl sites for hydroxylation is 2. The zero-order valence-corrected chi connectivity index (χ0v) is 15.7. The third kappa shape index (κ3) is 3.80. The van der Waals surface area contributed by atoms with E-state index in [0.29, 0.717) is 24.5 Å². The maximum atomic E-state index is 12.8. The molecule has 1 fully saturated rings. The van der Waals surface area contributed by atoms with E-state index in [0.717, 1.165) is 31.1 Å². The summed E-state index contributed by atoms with van der Waals surface area (Å²) in [5.74, 6) is 1.50. The maximum absolute atomic E-state index is 12.8. The van der Waals surface area contributed by atoms with Gasteiger partial charge in [0.1, 0.15) is 11.5 Å². The summed E-state index contributed by atoms with van der Waals surface area (Å²) >= 11 is 0. The topological polar surface area (TPSA) is 65.4 Å². The molecule has 1 saturated heterocycles. The van der Waals surface area contributed by atoms with E-state index in [4.69, 9.17) is 4.42 Å². The van der Waals surface area contributed by atoms with Crippen LogP contribution in [0.2, 0.25) is 0 Å². The number of amides is 1. The summed E-state index contributed by atoms with van der Waals surface area (Å²) in [6.07, 6.45) is 0. The molecule has 0 bridgehead atoms. The average molecular weight is 364 g/mol. The van der Waals surface area contributed by atoms with E-state index in [1.165, 1.54) is 11.1 Å². The molecule has 0 unspecified atom stereocenters. The van der Waals surface area contributed by atoms with E-state index < -0.39 is 0 Å². The van der Waals surface area contributed by atoms with Crippen LogP contribution in [0.1, 0.15) is 27.4 Å². The maximum Gasteiger partial charge on any atom is 0.274 e. The highest BCUT2D eigenvalue weighted by Gasteiger charge is 2.24. The van der Waals surface area contributed by atoms with Crippen molar-refractivity contribution in [1.82, 2.24) is 20.0 Å². The molecule has 2 aromatic heterocycles. The molecule has 140 valence electrons. The van der Waals surface area contributed by atoms with Gasteiger partial charge in [0.15, 0.2) is 11.5 Å². The van der Waals surface area contributed by atoms with Crippen LogP contribution in [0.3, 0.4) is 0 Å². The highest BCUT2D eigenvalue weighted by atomic mass is 16.3. The molecule has 6 heteroatoms. The number of furan rings is 1. The number of benzene rings is 1. The summed E-state index contributed by atoms with van der Waals surface area (Å²) in [6, 6.07) is 14.0. The van der Waals surface area contributed by atoms with Crippen LogP contribution >= 0.6 is 0 Å². The van der Waals surface area contributed by atoms with Gasteiger partial charge in [-0.05, 0) is 37.1 Å². The second-order valence-electron chi connectivity index (χ2n) is 7.07. The van der Waals surface area contributed by atoms with Crippen molar-refractivity contribution in [1.29, 1.82) is 0 Å². The SMILES string of the molecule is Cc1ccc(-c2cc(C(=O)N3CCN(Cc4ccccc4C)CC3)n[nH]2)o1. The Kier molecular flexibility index (Phi) is 4.81. The third-order valence-corrected chi connectivity index (χ3v) is 5.12. The first-order chi connectivity index (χ1) is 13.1. The number of piperazine rings is 1. The van der Waals surface area contributed by atoms with Gasteiger partial charge in [0.2, 0.25) is 0 Å². The lowest BCUT2D eigenvalue weighted by Gasteiger charge is -2.34. The number of hydrogen-bond donors (Lipinski definition) is 1. The Hall–Kier alpha value is -2.86. The van der Waals surface area contributed by atoms with Crippen molar-refractivity contribution in [3.63, 3.8) is 0 Å². The zero-order chi connectivity index (χ0) is 18.8. The van der Waals surface area contributed by atoms with Gasteiger partial charge in [-0.25, -0.2) is 0 Å². The predicted octanol–water partition coefficient (Wildman–Crippen LogP) is 3.24. The molecule has 1 amide bonds. The Morgan fingerprint density at radius 1 is 1.11 bits per heavy atom. The van der Waals surface area contributed by atoms with Crippen LogP contribution in [-0.4, -0.2) is 52.1 Å². The largest absolute Gasteiger partial charge is 0.460 e. The Labute approximate surface area is 158 Å². The molecule has 3 aromatic rings. The van der Waals surface area contributed by atoms with Crippen LogP contribution in [-0.2, 0) is 6.54 Å². The molecule has 0 radical (unpaired) electrons. The van der Waals surface area contributed by atoms with Crippen LogP contribution in [0.25, 0.3) is 11.5 Å². The van der Waals surface area contributed by atoms with Crippen molar-refractivity contribution < 1.29 is 9.21 Å². The summed E-state index contributed by atoms with van der Waals surface area (Å²) in [7, 11) is 0. The zero-order valence-electron chi connectivity index (χ0n) is 15.7. The van der Waals surface area contributed by atoms with Gasteiger partial charge in [0.05, 0.1) is 0 Å². The number of H-pyrrole nitrogens is 1. The van der Waals surface area contributed by atoms with Crippen molar-refractivity contribution in [3.05, 3.63) is 65.0 Å². The number of nitrogens with zero attached hydrogens (tertiary/aromatic N) is 3. The minimum atomic E-state index is -0.0312. The summed E-state index contributed by atoms with van der Waals surface area (Å²) in [5, 5.41) is 7.09. The summed E-state index contributed by atoms with van der Waals surface area (Å²) in [5.41, 5.74) is 3.83. The number of carbonyl (C=O) groups excluding carboxylic acids is 1. The van der Waals surface area contributed by atoms with Gasteiger partial charge in [-0.2, -0.15) is 5.10 Å². The minimum Gasteiger partial charge on any atom is -0.460 e.